The van der Waals surface area contributed by atoms with E-state index in [2.05, 4.69) is 0 Å². The van der Waals surface area contributed by atoms with Gasteiger partial charge in [-0.1, -0.05) is 36.4 Å². The molecule has 2 aromatic carbocycles. The van der Waals surface area contributed by atoms with E-state index in [1.165, 1.54) is 0 Å². The zero-order valence-corrected chi connectivity index (χ0v) is 13.5. The Labute approximate surface area is 134 Å². The molecule has 2 aliphatic carbocycles. The Morgan fingerprint density at radius 2 is 1.96 bits per heavy atom. The van der Waals surface area contributed by atoms with Gasteiger partial charge >= 0.3 is 16.0 Å². The molecule has 1 fully saturated rings. The third-order valence-electron chi connectivity index (χ3n) is 5.05. The van der Waals surface area contributed by atoms with E-state index in [1.807, 2.05) is 30.3 Å². The van der Waals surface area contributed by atoms with Crippen LogP contribution in [0.3, 0.4) is 0 Å². The molecule has 118 valence electrons. The number of hydrogen-bond donors (Lipinski definition) is 0. The summed E-state index contributed by atoms with van der Waals surface area (Å²) in [7, 11) is -3.22. The molecule has 0 amide bonds. The van der Waals surface area contributed by atoms with Crippen LogP contribution in [0.25, 0.3) is 10.8 Å². The van der Waals surface area contributed by atoms with Crippen molar-refractivity contribution in [1.82, 2.24) is 0 Å². The molecule has 2 aromatic rings. The summed E-state index contributed by atoms with van der Waals surface area (Å²) in [5.74, 6) is 0.605. The minimum absolute atomic E-state index is 0.278. The first kappa shape index (κ1) is 14.6. The topological polar surface area (TPSA) is 45.4 Å². The zero-order valence-electron chi connectivity index (χ0n) is 12.7. The van der Waals surface area contributed by atoms with Gasteiger partial charge in [-0.25, -0.2) is 0 Å². The second kappa shape index (κ2) is 4.74. The van der Waals surface area contributed by atoms with E-state index in [9.17, 15) is 12.3 Å². The van der Waals surface area contributed by atoms with Crippen molar-refractivity contribution in [3.63, 3.8) is 0 Å². The largest absolute Gasteiger partial charge is 0.351 e. The van der Waals surface area contributed by atoms with Gasteiger partial charge in [0.2, 0.25) is 0 Å². The van der Waals surface area contributed by atoms with Crippen molar-refractivity contribution in [3.8, 4) is 0 Å². The lowest BCUT2D eigenvalue weighted by Crippen LogP contribution is -2.36. The average molecular weight is 331 g/mol. The summed E-state index contributed by atoms with van der Waals surface area (Å²) >= 11 is 0. The normalized spacial score (nSPS) is 25.3. The first-order chi connectivity index (χ1) is 11.0. The minimum atomic E-state index is -4.78. The summed E-state index contributed by atoms with van der Waals surface area (Å²) in [6, 6.07) is 11.3. The van der Waals surface area contributed by atoms with Crippen molar-refractivity contribution in [2.75, 3.05) is 7.11 Å². The van der Waals surface area contributed by atoms with Gasteiger partial charge < -0.3 is 0 Å². The Morgan fingerprint density at radius 1 is 1.17 bits per heavy atom. The molecule has 0 saturated heterocycles. The molecule has 0 aliphatic heterocycles. The highest BCUT2D eigenvalue weighted by atomic mass is 32.3. The molecule has 23 heavy (non-hydrogen) atoms. The van der Waals surface area contributed by atoms with Crippen LogP contribution in [0, 0.1) is 0 Å². The van der Waals surface area contributed by atoms with Gasteiger partial charge in [0.05, 0.1) is 5.56 Å². The number of halogens is 1. The van der Waals surface area contributed by atoms with Crippen LogP contribution in [0.4, 0.5) is 3.89 Å². The zero-order chi connectivity index (χ0) is 16.2. The maximum atomic E-state index is 14.4. The maximum absolute atomic E-state index is 14.4. The highest BCUT2D eigenvalue weighted by molar-refractivity contribution is 7.87. The molecule has 1 unspecified atom stereocenters. The fraction of sp³-hybridized carbons (Fsp3) is 0.278. The average Bonchev–Trinajstić information content (AvgIpc) is 2.98. The summed E-state index contributed by atoms with van der Waals surface area (Å²) in [6.45, 7) is 0. The van der Waals surface area contributed by atoms with Gasteiger partial charge in [0, 0.05) is 6.08 Å². The summed E-state index contributed by atoms with van der Waals surface area (Å²) in [4.78, 5) is 0. The van der Waals surface area contributed by atoms with E-state index in [1.54, 1.807) is 19.3 Å². The third-order valence-corrected chi connectivity index (χ3v) is 6.56. The van der Waals surface area contributed by atoms with Gasteiger partial charge in [-0.3, -0.25) is 4.42 Å². The molecule has 0 bridgehead atoms. The Hall–Kier alpha value is -2.01. The second-order valence-electron chi connectivity index (χ2n) is 6.07. The predicted octanol–water partition coefficient (Wildman–Crippen LogP) is 3.81. The molecule has 1 atom stereocenters. The molecule has 0 heterocycles. The number of rotatable bonds is 1. The molecule has 4 rings (SSSR count). The van der Waals surface area contributed by atoms with Crippen molar-refractivity contribution in [2.24, 2.45) is 0 Å². The van der Waals surface area contributed by atoms with Crippen molar-refractivity contribution >= 4 is 26.8 Å². The van der Waals surface area contributed by atoms with Crippen LogP contribution in [-0.4, -0.2) is 21.3 Å². The maximum Gasteiger partial charge on any atom is 0.351 e. The Kier molecular flexibility index (Phi) is 3.00. The first-order valence-electron chi connectivity index (χ1n) is 7.58. The summed E-state index contributed by atoms with van der Waals surface area (Å²) < 4.78 is 42.6. The standard InChI is InChI=1S/C18H16FO3S/c1-22-16-11-13-6-4-10-18(13,23(19,20)21)15-9-8-12-5-2-3-7-14(12)17(15)16/h2-3,5,7-9,11H,4,6,10H2,1H3/q+1. The molecule has 3 nitrogen and oxygen atoms in total. The first-order valence-corrected chi connectivity index (χ1v) is 8.96. The van der Waals surface area contributed by atoms with Crippen LogP contribution in [0.2, 0.25) is 0 Å². The number of allylic oxidation sites excluding steroid dienone is 1. The quantitative estimate of drug-likeness (QED) is 0.589. The van der Waals surface area contributed by atoms with Crippen molar-refractivity contribution < 1.29 is 16.7 Å². The van der Waals surface area contributed by atoms with Gasteiger partial charge in [-0.2, -0.15) is 8.42 Å². The number of benzene rings is 2. The summed E-state index contributed by atoms with van der Waals surface area (Å²) in [5, 5.41) is 1.86. The number of carbonyl (C=O) groups excluding carboxylic acids is 1. The lowest BCUT2D eigenvalue weighted by atomic mass is 9.80. The van der Waals surface area contributed by atoms with Crippen molar-refractivity contribution in [3.05, 3.63) is 59.2 Å². The molecule has 0 spiro atoms. The van der Waals surface area contributed by atoms with E-state index in [0.29, 0.717) is 35.3 Å². The minimum Gasteiger partial charge on any atom is -0.257 e. The Balaban J connectivity index is 2.20. The number of fused-ring (bicyclic) bond motifs is 5. The van der Waals surface area contributed by atoms with Crippen LogP contribution in [0.15, 0.2) is 48.0 Å². The van der Waals surface area contributed by atoms with E-state index in [4.69, 9.17) is 4.42 Å². The molecule has 1 saturated carbocycles. The van der Waals surface area contributed by atoms with Crippen LogP contribution in [-0.2, 0) is 15.0 Å². The van der Waals surface area contributed by atoms with Crippen LogP contribution >= 0.6 is 0 Å². The van der Waals surface area contributed by atoms with Crippen molar-refractivity contribution in [1.29, 1.82) is 0 Å². The summed E-state index contributed by atoms with van der Waals surface area (Å²) in [6.07, 6.45) is 3.22. The molecule has 2 aliphatic rings. The predicted molar refractivity (Wildman–Crippen MR) is 87.8 cm³/mol. The monoisotopic (exact) mass is 331 g/mol. The van der Waals surface area contributed by atoms with Crippen molar-refractivity contribution in [2.45, 2.75) is 24.0 Å². The van der Waals surface area contributed by atoms with Crippen LogP contribution in [0.5, 0.6) is 0 Å². The van der Waals surface area contributed by atoms with Gasteiger partial charge in [0.15, 0.2) is 0 Å². The fourth-order valence-corrected chi connectivity index (χ4v) is 5.36. The van der Waals surface area contributed by atoms with Crippen LogP contribution in [0.1, 0.15) is 34.8 Å². The second-order valence-corrected chi connectivity index (χ2v) is 7.64. The van der Waals surface area contributed by atoms with Crippen LogP contribution < -0.4 is 0 Å². The number of hydrogen-bond acceptors (Lipinski definition) is 2. The molecule has 0 aromatic heterocycles. The highest BCUT2D eigenvalue weighted by Crippen LogP contribution is 2.54. The van der Waals surface area contributed by atoms with Gasteiger partial charge in [-0.05, 0) is 41.2 Å². The van der Waals surface area contributed by atoms with E-state index in [-0.39, 0.29) is 6.42 Å². The Morgan fingerprint density at radius 3 is 2.70 bits per heavy atom. The molecular formula is C18H16FO3S+. The SMILES string of the molecule is C[O+]=C1C=C2CCCC2(S(=O)(=O)F)c2ccc3ccccc3c21. The van der Waals surface area contributed by atoms with E-state index < -0.39 is 15.0 Å². The van der Waals surface area contributed by atoms with E-state index >= 15 is 0 Å². The lowest BCUT2D eigenvalue weighted by Gasteiger charge is -2.31. The van der Waals surface area contributed by atoms with Gasteiger partial charge in [0.25, 0.3) is 7.11 Å². The van der Waals surface area contributed by atoms with Gasteiger partial charge in [-0.15, -0.1) is 3.89 Å². The lowest BCUT2D eigenvalue weighted by molar-refractivity contribution is -0.222. The van der Waals surface area contributed by atoms with Gasteiger partial charge in [0.1, 0.15) is 4.75 Å². The molecular weight excluding hydrogens is 315 g/mol. The smallest absolute Gasteiger partial charge is 0.257 e. The Bertz CT molecular complexity index is 988. The fourth-order valence-electron chi connectivity index (χ4n) is 4.06. The molecule has 5 heteroatoms. The molecule has 0 N–H and O–H groups in total. The van der Waals surface area contributed by atoms with E-state index in [0.717, 1.165) is 10.8 Å². The number of ketones is 1. The summed E-state index contributed by atoms with van der Waals surface area (Å²) in [5.41, 5.74) is 1.79. The third kappa shape index (κ3) is 1.80. The highest BCUT2D eigenvalue weighted by Gasteiger charge is 2.56. The molecule has 0 radical (unpaired) electrons.